The number of nitrogens with zero attached hydrogens (tertiary/aromatic N) is 2. The van der Waals surface area contributed by atoms with Crippen molar-refractivity contribution in [2.45, 2.75) is 12.8 Å². The highest BCUT2D eigenvalue weighted by molar-refractivity contribution is 7.18. The molecule has 1 aliphatic rings. The number of pyridine rings is 1. The molecule has 0 spiro atoms. The van der Waals surface area contributed by atoms with Crippen LogP contribution in [0, 0.1) is 0 Å². The molecule has 0 radical (unpaired) electrons. The number of carboxylic acid groups (broad SMARTS) is 1. The zero-order chi connectivity index (χ0) is 14.4. The van der Waals surface area contributed by atoms with E-state index in [0.29, 0.717) is 5.56 Å². The van der Waals surface area contributed by atoms with E-state index in [2.05, 4.69) is 16.3 Å². The molecule has 1 saturated heterocycles. The number of aromatic carboxylic acids is 1. The van der Waals surface area contributed by atoms with Crippen LogP contribution in [0.25, 0.3) is 21.0 Å². The molecule has 2 aromatic heterocycles. The van der Waals surface area contributed by atoms with Gasteiger partial charge in [0.15, 0.2) is 0 Å². The maximum atomic E-state index is 11.2. The Kier molecular flexibility index (Phi) is 2.82. The van der Waals surface area contributed by atoms with Crippen molar-refractivity contribution < 1.29 is 9.90 Å². The summed E-state index contributed by atoms with van der Waals surface area (Å²) in [7, 11) is 0. The summed E-state index contributed by atoms with van der Waals surface area (Å²) in [5, 5.41) is 13.5. The van der Waals surface area contributed by atoms with Crippen LogP contribution in [0.4, 0.5) is 5.82 Å². The topological polar surface area (TPSA) is 53.4 Å². The van der Waals surface area contributed by atoms with E-state index in [1.165, 1.54) is 22.9 Å². The summed E-state index contributed by atoms with van der Waals surface area (Å²) in [6.45, 7) is 2.06. The van der Waals surface area contributed by atoms with E-state index in [-0.39, 0.29) is 0 Å². The van der Waals surface area contributed by atoms with Gasteiger partial charge in [0.1, 0.15) is 5.82 Å². The summed E-state index contributed by atoms with van der Waals surface area (Å²) >= 11 is 1.69. The molecule has 3 aromatic rings. The monoisotopic (exact) mass is 298 g/mol. The molecule has 4 nitrogen and oxygen atoms in total. The normalized spacial score (nSPS) is 15.1. The molecule has 1 aromatic carbocycles. The van der Waals surface area contributed by atoms with Crippen LogP contribution in [0.1, 0.15) is 23.2 Å². The SMILES string of the molecule is O=C(O)c1ccc2c(c1)nc(N1CCCC1)c1ccsc12. The van der Waals surface area contributed by atoms with Gasteiger partial charge >= 0.3 is 5.97 Å². The summed E-state index contributed by atoms with van der Waals surface area (Å²) in [6, 6.07) is 7.32. The number of rotatable bonds is 2. The smallest absolute Gasteiger partial charge is 0.335 e. The second kappa shape index (κ2) is 4.70. The van der Waals surface area contributed by atoms with Crippen molar-refractivity contribution in [3.8, 4) is 0 Å². The van der Waals surface area contributed by atoms with Crippen molar-refractivity contribution in [1.82, 2.24) is 4.98 Å². The third kappa shape index (κ3) is 1.96. The van der Waals surface area contributed by atoms with Crippen LogP contribution in [0.2, 0.25) is 0 Å². The Labute approximate surface area is 125 Å². The second-order valence-electron chi connectivity index (χ2n) is 5.33. The molecule has 0 bridgehead atoms. The second-order valence-corrected chi connectivity index (χ2v) is 6.25. The minimum atomic E-state index is -0.910. The summed E-state index contributed by atoms with van der Waals surface area (Å²) in [6.07, 6.45) is 2.39. The van der Waals surface area contributed by atoms with Gasteiger partial charge in [0.2, 0.25) is 0 Å². The van der Waals surface area contributed by atoms with Gasteiger partial charge < -0.3 is 10.0 Å². The molecule has 5 heteroatoms. The molecular weight excluding hydrogens is 284 g/mol. The number of aromatic nitrogens is 1. The average Bonchev–Trinajstić information content (AvgIpc) is 3.17. The van der Waals surface area contributed by atoms with Gasteiger partial charge in [-0.25, -0.2) is 9.78 Å². The van der Waals surface area contributed by atoms with Crippen LogP contribution in [0.15, 0.2) is 29.6 Å². The first kappa shape index (κ1) is 12.6. The molecular formula is C16H14N2O2S. The van der Waals surface area contributed by atoms with Crippen molar-refractivity contribution in [2.24, 2.45) is 0 Å². The van der Waals surface area contributed by atoms with Gasteiger partial charge in [-0.3, -0.25) is 0 Å². The fraction of sp³-hybridized carbons (Fsp3) is 0.250. The third-order valence-corrected chi connectivity index (χ3v) is 4.98. The molecule has 0 atom stereocenters. The molecule has 1 fully saturated rings. The van der Waals surface area contributed by atoms with Crippen molar-refractivity contribution >= 4 is 44.1 Å². The Morgan fingerprint density at radius 3 is 2.76 bits per heavy atom. The lowest BCUT2D eigenvalue weighted by molar-refractivity contribution is 0.0697. The Balaban J connectivity index is 2.02. The van der Waals surface area contributed by atoms with Gasteiger partial charge in [-0.1, -0.05) is 6.07 Å². The molecule has 1 aliphatic heterocycles. The van der Waals surface area contributed by atoms with Gasteiger partial charge in [-0.2, -0.15) is 0 Å². The first-order chi connectivity index (χ1) is 10.2. The summed E-state index contributed by atoms with van der Waals surface area (Å²) in [5.74, 6) is 0.0893. The molecule has 21 heavy (non-hydrogen) atoms. The highest BCUT2D eigenvalue weighted by atomic mass is 32.1. The largest absolute Gasteiger partial charge is 0.478 e. The standard InChI is InChI=1S/C16H14N2O2S/c19-16(20)10-3-4-11-13(9-10)17-15(18-6-1-2-7-18)12-5-8-21-14(11)12/h3-5,8-9H,1-2,6-7H2,(H,19,20). The number of hydrogen-bond donors (Lipinski definition) is 1. The van der Waals surface area contributed by atoms with E-state index >= 15 is 0 Å². The highest BCUT2D eigenvalue weighted by Gasteiger charge is 2.19. The van der Waals surface area contributed by atoms with E-state index in [9.17, 15) is 4.79 Å². The van der Waals surface area contributed by atoms with Crippen molar-refractivity contribution in [2.75, 3.05) is 18.0 Å². The number of hydrogen-bond acceptors (Lipinski definition) is 4. The van der Waals surface area contributed by atoms with Gasteiger partial charge in [0.25, 0.3) is 0 Å². The van der Waals surface area contributed by atoms with Crippen LogP contribution < -0.4 is 4.90 Å². The molecule has 0 aliphatic carbocycles. The number of carboxylic acids is 1. The van der Waals surface area contributed by atoms with Gasteiger partial charge in [0.05, 0.1) is 11.1 Å². The van der Waals surface area contributed by atoms with E-state index in [1.54, 1.807) is 23.5 Å². The fourth-order valence-electron chi connectivity index (χ4n) is 2.99. The Morgan fingerprint density at radius 2 is 2.00 bits per heavy atom. The molecule has 0 unspecified atom stereocenters. The number of fused-ring (bicyclic) bond motifs is 3. The Hall–Kier alpha value is -2.14. The Morgan fingerprint density at radius 1 is 1.19 bits per heavy atom. The summed E-state index contributed by atoms with van der Waals surface area (Å²) < 4.78 is 1.19. The van der Waals surface area contributed by atoms with Crippen molar-refractivity contribution in [3.05, 3.63) is 35.2 Å². The number of anilines is 1. The number of carbonyl (C=O) groups is 1. The molecule has 3 heterocycles. The Bertz CT molecular complexity index is 850. The lowest BCUT2D eigenvalue weighted by Gasteiger charge is -2.18. The van der Waals surface area contributed by atoms with Crippen molar-refractivity contribution in [1.29, 1.82) is 0 Å². The van der Waals surface area contributed by atoms with Crippen LogP contribution in [0.3, 0.4) is 0 Å². The van der Waals surface area contributed by atoms with Crippen LogP contribution in [0.5, 0.6) is 0 Å². The first-order valence-corrected chi connectivity index (χ1v) is 7.91. The zero-order valence-corrected chi connectivity index (χ0v) is 12.2. The molecule has 1 N–H and O–H groups in total. The van der Waals surface area contributed by atoms with Crippen molar-refractivity contribution in [3.63, 3.8) is 0 Å². The summed E-state index contributed by atoms with van der Waals surface area (Å²) in [4.78, 5) is 18.2. The van der Waals surface area contributed by atoms with E-state index < -0.39 is 5.97 Å². The molecule has 4 rings (SSSR count). The van der Waals surface area contributed by atoms with E-state index in [0.717, 1.165) is 29.8 Å². The zero-order valence-electron chi connectivity index (χ0n) is 11.4. The first-order valence-electron chi connectivity index (χ1n) is 7.03. The predicted molar refractivity (Wildman–Crippen MR) is 85.5 cm³/mol. The maximum Gasteiger partial charge on any atom is 0.335 e. The minimum Gasteiger partial charge on any atom is -0.478 e. The minimum absolute atomic E-state index is 0.290. The third-order valence-electron chi connectivity index (χ3n) is 4.03. The molecule has 0 amide bonds. The maximum absolute atomic E-state index is 11.2. The van der Waals surface area contributed by atoms with E-state index in [1.807, 2.05) is 6.07 Å². The molecule has 106 valence electrons. The lowest BCUT2D eigenvalue weighted by atomic mass is 10.1. The number of benzene rings is 1. The van der Waals surface area contributed by atoms with Crippen LogP contribution in [-0.2, 0) is 0 Å². The van der Waals surface area contributed by atoms with Gasteiger partial charge in [0, 0.05) is 28.6 Å². The quantitative estimate of drug-likeness (QED) is 0.783. The highest BCUT2D eigenvalue weighted by Crippen LogP contribution is 2.36. The average molecular weight is 298 g/mol. The van der Waals surface area contributed by atoms with E-state index in [4.69, 9.17) is 10.1 Å². The fourth-order valence-corrected chi connectivity index (χ4v) is 3.91. The molecule has 0 saturated carbocycles. The lowest BCUT2D eigenvalue weighted by Crippen LogP contribution is -2.19. The van der Waals surface area contributed by atoms with Gasteiger partial charge in [-0.15, -0.1) is 11.3 Å². The predicted octanol–water partition coefficient (Wildman–Crippen LogP) is 3.75. The van der Waals surface area contributed by atoms with Gasteiger partial charge in [-0.05, 0) is 36.4 Å². The van der Waals surface area contributed by atoms with Crippen LogP contribution in [-0.4, -0.2) is 29.1 Å². The van der Waals surface area contributed by atoms with Crippen LogP contribution >= 0.6 is 11.3 Å². The summed E-state index contributed by atoms with van der Waals surface area (Å²) in [5.41, 5.74) is 1.06. The number of thiophene rings is 1.